The van der Waals surface area contributed by atoms with Crippen LogP contribution < -0.4 is 9.47 Å². The zero-order valence-electron chi connectivity index (χ0n) is 11.2. The van der Waals surface area contributed by atoms with Gasteiger partial charge in [-0.1, -0.05) is 6.07 Å². The van der Waals surface area contributed by atoms with Gasteiger partial charge in [0.05, 0.1) is 18.8 Å². The number of aliphatic hydroxyl groups is 1. The number of hydrogen-bond acceptors (Lipinski definition) is 4. The van der Waals surface area contributed by atoms with Gasteiger partial charge in [-0.25, -0.2) is 0 Å². The summed E-state index contributed by atoms with van der Waals surface area (Å²) in [6.45, 7) is 1.33. The van der Waals surface area contributed by atoms with Gasteiger partial charge in [-0.3, -0.25) is 0 Å². The molecule has 0 bridgehead atoms. The molecule has 0 amide bonds. The molecule has 1 aliphatic heterocycles. The second-order valence-corrected chi connectivity index (χ2v) is 5.28. The molecule has 3 rings (SSSR count). The third kappa shape index (κ3) is 2.19. The van der Waals surface area contributed by atoms with E-state index in [1.54, 1.807) is 7.11 Å². The van der Waals surface area contributed by atoms with Crippen molar-refractivity contribution >= 4 is 0 Å². The molecule has 0 saturated heterocycles. The molecular weight excluding hydrogens is 244 g/mol. The van der Waals surface area contributed by atoms with Crippen LogP contribution in [0.2, 0.25) is 0 Å². The minimum atomic E-state index is -0.608. The van der Waals surface area contributed by atoms with Crippen molar-refractivity contribution in [1.82, 2.24) is 0 Å². The molecule has 1 atom stereocenters. The summed E-state index contributed by atoms with van der Waals surface area (Å²) in [6.07, 6.45) is 3.19. The molecule has 1 N–H and O–H groups in total. The molecule has 1 heterocycles. The lowest BCUT2D eigenvalue weighted by Crippen LogP contribution is -2.45. The van der Waals surface area contributed by atoms with Gasteiger partial charge in [0.2, 0.25) is 0 Å². The fourth-order valence-corrected chi connectivity index (χ4v) is 2.77. The minimum Gasteiger partial charge on any atom is -0.490 e. The molecule has 1 saturated carbocycles. The van der Waals surface area contributed by atoms with Crippen LogP contribution in [0.5, 0.6) is 11.5 Å². The largest absolute Gasteiger partial charge is 0.490 e. The van der Waals surface area contributed by atoms with Crippen LogP contribution in [-0.4, -0.2) is 31.0 Å². The number of fused-ring (bicyclic) bond motifs is 1. The highest BCUT2D eigenvalue weighted by atomic mass is 16.5. The van der Waals surface area contributed by atoms with Crippen molar-refractivity contribution in [3.05, 3.63) is 23.8 Å². The SMILES string of the molecule is COC1(C(O)c2ccc3c(c2)OCCCO3)CCC1. The van der Waals surface area contributed by atoms with Crippen molar-refractivity contribution in [1.29, 1.82) is 0 Å². The molecule has 1 fully saturated rings. The molecule has 1 unspecified atom stereocenters. The Labute approximate surface area is 113 Å². The number of rotatable bonds is 3. The van der Waals surface area contributed by atoms with Gasteiger partial charge >= 0.3 is 0 Å². The minimum absolute atomic E-state index is 0.417. The van der Waals surface area contributed by atoms with Crippen LogP contribution in [0.1, 0.15) is 37.4 Å². The smallest absolute Gasteiger partial charge is 0.161 e. The molecule has 1 aromatic rings. The summed E-state index contributed by atoms with van der Waals surface area (Å²) >= 11 is 0. The fourth-order valence-electron chi connectivity index (χ4n) is 2.77. The van der Waals surface area contributed by atoms with Crippen LogP contribution in [0, 0.1) is 0 Å². The highest BCUT2D eigenvalue weighted by Crippen LogP contribution is 2.46. The molecule has 1 aliphatic carbocycles. The molecule has 19 heavy (non-hydrogen) atoms. The topological polar surface area (TPSA) is 47.9 Å². The predicted molar refractivity (Wildman–Crippen MR) is 70.6 cm³/mol. The molecule has 104 valence electrons. The second kappa shape index (κ2) is 5.02. The molecule has 1 aromatic carbocycles. The summed E-state index contributed by atoms with van der Waals surface area (Å²) in [4.78, 5) is 0. The Morgan fingerprint density at radius 2 is 1.89 bits per heavy atom. The predicted octanol–water partition coefficient (Wildman–Crippen LogP) is 2.45. The van der Waals surface area contributed by atoms with Gasteiger partial charge in [0, 0.05) is 13.5 Å². The first-order valence-electron chi connectivity index (χ1n) is 6.88. The van der Waals surface area contributed by atoms with E-state index in [2.05, 4.69) is 0 Å². The summed E-state index contributed by atoms with van der Waals surface area (Å²) in [5.41, 5.74) is 0.422. The van der Waals surface area contributed by atoms with E-state index in [-0.39, 0.29) is 0 Å². The van der Waals surface area contributed by atoms with Gasteiger partial charge in [0.15, 0.2) is 11.5 Å². The summed E-state index contributed by atoms with van der Waals surface area (Å²) in [6, 6.07) is 5.66. The third-order valence-corrected chi connectivity index (χ3v) is 4.19. The zero-order valence-corrected chi connectivity index (χ0v) is 11.2. The van der Waals surface area contributed by atoms with Crippen molar-refractivity contribution in [2.24, 2.45) is 0 Å². The maximum Gasteiger partial charge on any atom is 0.161 e. The Bertz CT molecular complexity index is 448. The summed E-state index contributed by atoms with van der Waals surface area (Å²) in [7, 11) is 1.67. The standard InChI is InChI=1S/C15H20O4/c1-17-15(6-2-7-15)14(16)11-4-5-12-13(10-11)19-9-3-8-18-12/h4-5,10,14,16H,2-3,6-9H2,1H3. The van der Waals surface area contributed by atoms with Crippen LogP contribution in [0.3, 0.4) is 0 Å². The molecule has 0 radical (unpaired) electrons. The lowest BCUT2D eigenvalue weighted by molar-refractivity contribution is -0.151. The van der Waals surface area contributed by atoms with Gasteiger partial charge < -0.3 is 19.3 Å². The van der Waals surface area contributed by atoms with Crippen molar-refractivity contribution in [3.63, 3.8) is 0 Å². The van der Waals surface area contributed by atoms with E-state index in [0.717, 1.165) is 42.7 Å². The second-order valence-electron chi connectivity index (χ2n) is 5.28. The first kappa shape index (κ1) is 12.8. The van der Waals surface area contributed by atoms with Crippen molar-refractivity contribution < 1.29 is 19.3 Å². The Morgan fingerprint density at radius 1 is 1.16 bits per heavy atom. The molecule has 0 aromatic heterocycles. The number of aliphatic hydroxyl groups excluding tert-OH is 1. The normalized spacial score (nSPS) is 22.2. The van der Waals surface area contributed by atoms with Gasteiger partial charge in [-0.05, 0) is 37.0 Å². The number of ether oxygens (including phenoxy) is 3. The summed E-state index contributed by atoms with van der Waals surface area (Å²) in [5, 5.41) is 10.5. The van der Waals surface area contributed by atoms with E-state index in [9.17, 15) is 5.11 Å². The lowest BCUT2D eigenvalue weighted by Gasteiger charge is -2.44. The van der Waals surface area contributed by atoms with Crippen LogP contribution in [-0.2, 0) is 4.74 Å². The quantitative estimate of drug-likeness (QED) is 0.911. The van der Waals surface area contributed by atoms with Crippen LogP contribution in [0.15, 0.2) is 18.2 Å². The van der Waals surface area contributed by atoms with E-state index in [0.29, 0.717) is 13.2 Å². The van der Waals surface area contributed by atoms with Gasteiger partial charge in [0.1, 0.15) is 6.10 Å². The average Bonchev–Trinajstić information content (AvgIpc) is 2.62. The highest BCUT2D eigenvalue weighted by Gasteiger charge is 2.44. The van der Waals surface area contributed by atoms with Gasteiger partial charge in [-0.15, -0.1) is 0 Å². The Morgan fingerprint density at radius 3 is 2.53 bits per heavy atom. The Hall–Kier alpha value is -1.26. The lowest BCUT2D eigenvalue weighted by atomic mass is 9.73. The number of methoxy groups -OCH3 is 1. The third-order valence-electron chi connectivity index (χ3n) is 4.19. The molecule has 4 heteroatoms. The van der Waals surface area contributed by atoms with E-state index < -0.39 is 11.7 Å². The molecule has 4 nitrogen and oxygen atoms in total. The fraction of sp³-hybridized carbons (Fsp3) is 0.600. The van der Waals surface area contributed by atoms with Crippen LogP contribution >= 0.6 is 0 Å². The van der Waals surface area contributed by atoms with Crippen LogP contribution in [0.4, 0.5) is 0 Å². The maximum atomic E-state index is 10.5. The van der Waals surface area contributed by atoms with Crippen molar-refractivity contribution in [2.75, 3.05) is 20.3 Å². The maximum absolute atomic E-state index is 10.5. The number of hydrogen-bond donors (Lipinski definition) is 1. The first-order chi connectivity index (χ1) is 9.25. The Balaban J connectivity index is 1.87. The average molecular weight is 264 g/mol. The summed E-state index contributed by atoms with van der Waals surface area (Å²) in [5.74, 6) is 1.48. The van der Waals surface area contributed by atoms with Crippen molar-refractivity contribution in [2.45, 2.75) is 37.4 Å². The molecule has 0 spiro atoms. The van der Waals surface area contributed by atoms with E-state index in [1.165, 1.54) is 0 Å². The van der Waals surface area contributed by atoms with Gasteiger partial charge in [0.25, 0.3) is 0 Å². The van der Waals surface area contributed by atoms with E-state index in [4.69, 9.17) is 14.2 Å². The monoisotopic (exact) mass is 264 g/mol. The molecule has 2 aliphatic rings. The van der Waals surface area contributed by atoms with Gasteiger partial charge in [-0.2, -0.15) is 0 Å². The highest BCUT2D eigenvalue weighted by molar-refractivity contribution is 5.44. The first-order valence-corrected chi connectivity index (χ1v) is 6.88. The molecular formula is C15H20O4. The van der Waals surface area contributed by atoms with E-state index >= 15 is 0 Å². The summed E-state index contributed by atoms with van der Waals surface area (Å²) < 4.78 is 16.8. The number of benzene rings is 1. The zero-order chi connectivity index (χ0) is 13.3. The van der Waals surface area contributed by atoms with Crippen molar-refractivity contribution in [3.8, 4) is 11.5 Å². The van der Waals surface area contributed by atoms with E-state index in [1.807, 2.05) is 18.2 Å². The van der Waals surface area contributed by atoms with Crippen LogP contribution in [0.25, 0.3) is 0 Å². The Kier molecular flexibility index (Phi) is 3.37.